The molecule has 0 atom stereocenters. The van der Waals surface area contributed by atoms with E-state index in [1.54, 1.807) is 12.1 Å². The zero-order valence-corrected chi connectivity index (χ0v) is 11.4. The summed E-state index contributed by atoms with van der Waals surface area (Å²) >= 11 is 0. The number of hydrogen-bond donors (Lipinski definition) is 3. The van der Waals surface area contributed by atoms with Crippen molar-refractivity contribution in [1.29, 1.82) is 0 Å². The molecule has 1 aromatic heterocycles. The van der Waals surface area contributed by atoms with Crippen molar-refractivity contribution in [3.8, 4) is 5.75 Å². The zero-order valence-electron chi connectivity index (χ0n) is 11.4. The van der Waals surface area contributed by atoms with Crippen molar-refractivity contribution in [3.05, 3.63) is 23.5 Å². The third-order valence-corrected chi connectivity index (χ3v) is 2.18. The van der Waals surface area contributed by atoms with Gasteiger partial charge in [0.15, 0.2) is 0 Å². The van der Waals surface area contributed by atoms with E-state index in [1.165, 1.54) is 0 Å². The van der Waals surface area contributed by atoms with Crippen molar-refractivity contribution in [3.63, 3.8) is 0 Å². The Balaban J connectivity index is 2.42. The van der Waals surface area contributed by atoms with Gasteiger partial charge in [-0.3, -0.25) is 9.78 Å². The molecule has 5 heteroatoms. The van der Waals surface area contributed by atoms with Gasteiger partial charge in [-0.2, -0.15) is 0 Å². The molecule has 0 spiro atoms. The third kappa shape index (κ3) is 5.14. The molecule has 0 fully saturated rings. The van der Waals surface area contributed by atoms with Gasteiger partial charge < -0.3 is 15.7 Å². The van der Waals surface area contributed by atoms with E-state index in [1.807, 2.05) is 27.7 Å². The second-order valence-electron chi connectivity index (χ2n) is 5.32. The van der Waals surface area contributed by atoms with Crippen LogP contribution in [0.3, 0.4) is 0 Å². The fourth-order valence-corrected chi connectivity index (χ4v) is 1.49. The van der Waals surface area contributed by atoms with Gasteiger partial charge in [0.2, 0.25) is 5.91 Å². The average Bonchev–Trinajstić information content (AvgIpc) is 2.20. The van der Waals surface area contributed by atoms with Crippen LogP contribution in [0.4, 0.5) is 0 Å². The number of aromatic hydroxyl groups is 1. The summed E-state index contributed by atoms with van der Waals surface area (Å²) in [6.45, 7) is 8.21. The topological polar surface area (TPSA) is 74.2 Å². The summed E-state index contributed by atoms with van der Waals surface area (Å²) in [7, 11) is 0. The summed E-state index contributed by atoms with van der Waals surface area (Å²) in [5.74, 6) is 0.0685. The van der Waals surface area contributed by atoms with Crippen LogP contribution in [0.25, 0.3) is 0 Å². The van der Waals surface area contributed by atoms with E-state index in [4.69, 9.17) is 0 Å². The Kier molecular flexibility index (Phi) is 4.67. The summed E-state index contributed by atoms with van der Waals surface area (Å²) in [5, 5.41) is 15.4. The third-order valence-electron chi connectivity index (χ3n) is 2.18. The van der Waals surface area contributed by atoms with Crippen LogP contribution in [0.15, 0.2) is 12.1 Å². The van der Waals surface area contributed by atoms with E-state index in [9.17, 15) is 9.90 Å². The number of nitrogens with one attached hydrogen (secondary N) is 2. The minimum Gasteiger partial charge on any atom is -0.506 e. The lowest BCUT2D eigenvalue weighted by molar-refractivity contribution is -0.121. The van der Waals surface area contributed by atoms with E-state index in [-0.39, 0.29) is 23.7 Å². The van der Waals surface area contributed by atoms with Crippen molar-refractivity contribution >= 4 is 5.91 Å². The lowest BCUT2D eigenvalue weighted by Gasteiger charge is -2.20. The first-order chi connectivity index (χ1) is 8.28. The lowest BCUT2D eigenvalue weighted by atomic mass is 10.1. The molecule has 0 unspecified atom stereocenters. The number of carbonyl (C=O) groups excluding carboxylic acids is 1. The number of nitrogens with zero attached hydrogens (tertiary/aromatic N) is 1. The number of aryl methyl sites for hydroxylation is 1. The van der Waals surface area contributed by atoms with Crippen molar-refractivity contribution in [2.24, 2.45) is 0 Å². The van der Waals surface area contributed by atoms with Gasteiger partial charge in [-0.05, 0) is 39.8 Å². The molecule has 3 N–H and O–H groups in total. The minimum atomic E-state index is -0.234. The van der Waals surface area contributed by atoms with Gasteiger partial charge in [0.1, 0.15) is 5.75 Å². The van der Waals surface area contributed by atoms with Crippen LogP contribution in [-0.4, -0.2) is 28.1 Å². The van der Waals surface area contributed by atoms with Crippen LogP contribution < -0.4 is 10.6 Å². The second-order valence-corrected chi connectivity index (χ2v) is 5.32. The molecule has 5 nitrogen and oxygen atoms in total. The molecule has 0 aliphatic rings. The van der Waals surface area contributed by atoms with E-state index in [0.29, 0.717) is 12.2 Å². The van der Waals surface area contributed by atoms with Gasteiger partial charge in [0.05, 0.1) is 12.2 Å². The Morgan fingerprint density at radius 2 is 2.06 bits per heavy atom. The van der Waals surface area contributed by atoms with Gasteiger partial charge in [0.25, 0.3) is 0 Å². The van der Waals surface area contributed by atoms with Crippen LogP contribution in [0.2, 0.25) is 0 Å². The van der Waals surface area contributed by atoms with Crippen molar-refractivity contribution in [2.75, 3.05) is 6.54 Å². The summed E-state index contributed by atoms with van der Waals surface area (Å²) in [4.78, 5) is 15.7. The van der Waals surface area contributed by atoms with Crippen molar-refractivity contribution in [2.45, 2.75) is 39.8 Å². The van der Waals surface area contributed by atoms with Crippen LogP contribution in [0.1, 0.15) is 32.2 Å². The number of hydrogen-bond acceptors (Lipinski definition) is 4. The standard InChI is InChI=1S/C13H21N3O2/c1-9-5-6-11(17)10(15-9)7-14-8-12(18)16-13(2,3)4/h5-6,14,17H,7-8H2,1-4H3,(H,16,18). The molecule has 1 aromatic rings. The van der Waals surface area contributed by atoms with Crippen LogP contribution in [0.5, 0.6) is 5.75 Å². The van der Waals surface area contributed by atoms with Gasteiger partial charge in [-0.15, -0.1) is 0 Å². The van der Waals surface area contributed by atoms with Gasteiger partial charge in [0, 0.05) is 17.8 Å². The fraction of sp³-hybridized carbons (Fsp3) is 0.538. The highest BCUT2D eigenvalue weighted by molar-refractivity contribution is 5.78. The molecule has 0 saturated carbocycles. The predicted molar refractivity (Wildman–Crippen MR) is 70.2 cm³/mol. The van der Waals surface area contributed by atoms with Crippen molar-refractivity contribution < 1.29 is 9.90 Å². The smallest absolute Gasteiger partial charge is 0.234 e. The molecule has 0 radical (unpaired) electrons. The molecule has 1 heterocycles. The highest BCUT2D eigenvalue weighted by Gasteiger charge is 2.13. The van der Waals surface area contributed by atoms with E-state index in [2.05, 4.69) is 15.6 Å². The molecule has 1 rings (SSSR count). The number of carbonyl (C=O) groups is 1. The molecule has 18 heavy (non-hydrogen) atoms. The van der Waals surface area contributed by atoms with Crippen molar-refractivity contribution in [1.82, 2.24) is 15.6 Å². The summed E-state index contributed by atoms with van der Waals surface area (Å²) in [6, 6.07) is 3.35. The van der Waals surface area contributed by atoms with E-state index < -0.39 is 0 Å². The monoisotopic (exact) mass is 251 g/mol. The highest BCUT2D eigenvalue weighted by atomic mass is 16.3. The molecule has 0 aromatic carbocycles. The maximum Gasteiger partial charge on any atom is 0.234 e. The predicted octanol–water partition coefficient (Wildman–Crippen LogP) is 1.10. The van der Waals surface area contributed by atoms with Crippen LogP contribution in [0, 0.1) is 6.92 Å². The van der Waals surface area contributed by atoms with Crippen LogP contribution in [-0.2, 0) is 11.3 Å². The number of pyridine rings is 1. The SMILES string of the molecule is Cc1ccc(O)c(CNCC(=O)NC(C)(C)C)n1. The van der Waals surface area contributed by atoms with Gasteiger partial charge in [-0.1, -0.05) is 0 Å². The Morgan fingerprint density at radius 3 is 2.67 bits per heavy atom. The molecule has 0 bridgehead atoms. The summed E-state index contributed by atoms with van der Waals surface area (Å²) in [6.07, 6.45) is 0. The second kappa shape index (κ2) is 5.82. The number of rotatable bonds is 4. The highest BCUT2D eigenvalue weighted by Crippen LogP contribution is 2.13. The Hall–Kier alpha value is -1.62. The van der Waals surface area contributed by atoms with Crippen LogP contribution >= 0.6 is 0 Å². The maximum atomic E-state index is 11.5. The summed E-state index contributed by atoms with van der Waals surface area (Å²) < 4.78 is 0. The number of amides is 1. The van der Waals surface area contributed by atoms with E-state index >= 15 is 0 Å². The fourth-order valence-electron chi connectivity index (χ4n) is 1.49. The first kappa shape index (κ1) is 14.4. The molecule has 1 amide bonds. The lowest BCUT2D eigenvalue weighted by Crippen LogP contribution is -2.44. The molecule has 0 saturated heterocycles. The Labute approximate surface area is 108 Å². The maximum absolute atomic E-state index is 11.5. The largest absolute Gasteiger partial charge is 0.506 e. The quantitative estimate of drug-likeness (QED) is 0.749. The summed E-state index contributed by atoms with van der Waals surface area (Å²) in [5.41, 5.74) is 1.16. The molecule has 0 aliphatic heterocycles. The molecule has 0 aliphatic carbocycles. The Morgan fingerprint density at radius 1 is 1.39 bits per heavy atom. The molecular weight excluding hydrogens is 230 g/mol. The van der Waals surface area contributed by atoms with Gasteiger partial charge in [-0.25, -0.2) is 0 Å². The normalized spacial score (nSPS) is 11.3. The Bertz CT molecular complexity index is 425. The minimum absolute atomic E-state index is 0.0744. The zero-order chi connectivity index (χ0) is 13.8. The first-order valence-corrected chi connectivity index (χ1v) is 5.95. The molecule has 100 valence electrons. The number of aromatic nitrogens is 1. The average molecular weight is 251 g/mol. The molecular formula is C13H21N3O2. The first-order valence-electron chi connectivity index (χ1n) is 5.95. The van der Waals surface area contributed by atoms with E-state index in [0.717, 1.165) is 5.69 Å². The van der Waals surface area contributed by atoms with Gasteiger partial charge >= 0.3 is 0 Å².